The summed E-state index contributed by atoms with van der Waals surface area (Å²) in [6.45, 7) is 0. The van der Waals surface area contributed by atoms with Crippen molar-refractivity contribution in [1.29, 1.82) is 0 Å². The molecule has 1 saturated heterocycles. The Hall–Kier alpha value is -1.49. The first-order valence-corrected chi connectivity index (χ1v) is 8.93. The molecule has 1 saturated carbocycles. The Balaban J connectivity index is 1.75. The van der Waals surface area contributed by atoms with E-state index >= 15 is 0 Å². The number of amides is 1. The summed E-state index contributed by atoms with van der Waals surface area (Å²) >= 11 is 1.60. The third-order valence-electron chi connectivity index (χ3n) is 5.00. The van der Waals surface area contributed by atoms with Gasteiger partial charge in [-0.05, 0) is 30.5 Å². The molecule has 0 radical (unpaired) electrons. The second-order valence-electron chi connectivity index (χ2n) is 6.20. The van der Waals surface area contributed by atoms with Crippen molar-refractivity contribution in [2.45, 2.75) is 37.8 Å². The van der Waals surface area contributed by atoms with Crippen LogP contribution in [0.4, 0.5) is 0 Å². The van der Waals surface area contributed by atoms with Crippen LogP contribution >= 0.6 is 11.8 Å². The highest BCUT2D eigenvalue weighted by atomic mass is 32.2. The largest absolute Gasteiger partial charge is 0.497 e. The highest BCUT2D eigenvalue weighted by Crippen LogP contribution is 2.46. The van der Waals surface area contributed by atoms with Crippen molar-refractivity contribution in [3.05, 3.63) is 29.8 Å². The van der Waals surface area contributed by atoms with Crippen molar-refractivity contribution >= 4 is 22.8 Å². The maximum Gasteiger partial charge on any atom is 0.239 e. The van der Waals surface area contributed by atoms with Crippen LogP contribution in [0.2, 0.25) is 0 Å². The lowest BCUT2D eigenvalue weighted by atomic mass is 9.76. The summed E-state index contributed by atoms with van der Waals surface area (Å²) in [7, 11) is 1.68. The van der Waals surface area contributed by atoms with Gasteiger partial charge in [0.15, 0.2) is 5.17 Å². The Kier molecular flexibility index (Phi) is 3.60. The number of rotatable bonds is 2. The van der Waals surface area contributed by atoms with Crippen LogP contribution in [-0.4, -0.2) is 34.9 Å². The lowest BCUT2D eigenvalue weighted by Gasteiger charge is -2.43. The maximum absolute atomic E-state index is 12.4. The second-order valence-corrected chi connectivity index (χ2v) is 7.14. The van der Waals surface area contributed by atoms with E-state index in [0.29, 0.717) is 17.7 Å². The molecule has 1 amide bonds. The molecule has 2 heterocycles. The van der Waals surface area contributed by atoms with Gasteiger partial charge in [-0.1, -0.05) is 36.7 Å². The average Bonchev–Trinajstić information content (AvgIpc) is 2.94. The minimum Gasteiger partial charge on any atom is -0.497 e. The molecule has 0 spiro atoms. The van der Waals surface area contributed by atoms with Gasteiger partial charge in [0.1, 0.15) is 5.75 Å². The number of hydrogen-bond donors (Lipinski definition) is 0. The van der Waals surface area contributed by atoms with Crippen molar-refractivity contribution in [3.8, 4) is 5.75 Å². The first-order chi connectivity index (χ1) is 10.8. The van der Waals surface area contributed by atoms with E-state index < -0.39 is 0 Å². The van der Waals surface area contributed by atoms with E-state index in [2.05, 4.69) is 12.1 Å². The highest BCUT2D eigenvalue weighted by molar-refractivity contribution is 8.15. The summed E-state index contributed by atoms with van der Waals surface area (Å²) in [5.74, 6) is 2.04. The molecule has 5 heteroatoms. The summed E-state index contributed by atoms with van der Waals surface area (Å²) in [5, 5.41) is 0.939. The van der Waals surface area contributed by atoms with Crippen LogP contribution < -0.4 is 4.74 Å². The predicted molar refractivity (Wildman–Crippen MR) is 88.2 cm³/mol. The first-order valence-electron chi connectivity index (χ1n) is 7.94. The number of ether oxygens (including phenoxy) is 1. The average molecular weight is 316 g/mol. The van der Waals surface area contributed by atoms with Gasteiger partial charge in [-0.25, -0.2) is 0 Å². The smallest absolute Gasteiger partial charge is 0.239 e. The van der Waals surface area contributed by atoms with E-state index in [-0.39, 0.29) is 11.9 Å². The summed E-state index contributed by atoms with van der Waals surface area (Å²) in [6.07, 6.45) is 4.82. The van der Waals surface area contributed by atoms with Crippen LogP contribution in [0.3, 0.4) is 0 Å². The fraction of sp³-hybridized carbons (Fsp3) is 0.529. The molecule has 3 atom stereocenters. The number of amidine groups is 1. The summed E-state index contributed by atoms with van der Waals surface area (Å²) in [4.78, 5) is 19.2. The molecule has 22 heavy (non-hydrogen) atoms. The van der Waals surface area contributed by atoms with Gasteiger partial charge in [0.25, 0.3) is 0 Å². The van der Waals surface area contributed by atoms with Crippen molar-refractivity contribution < 1.29 is 9.53 Å². The molecule has 1 aromatic carbocycles. The van der Waals surface area contributed by atoms with Crippen LogP contribution in [0.5, 0.6) is 5.75 Å². The Morgan fingerprint density at radius 1 is 1.23 bits per heavy atom. The van der Waals surface area contributed by atoms with Gasteiger partial charge in [-0.2, -0.15) is 0 Å². The number of aliphatic imine (C=N–C) groups is 1. The minimum atomic E-state index is 0.145. The van der Waals surface area contributed by atoms with Crippen molar-refractivity contribution in [2.24, 2.45) is 10.9 Å². The molecule has 2 aliphatic heterocycles. The molecular weight excluding hydrogens is 296 g/mol. The Bertz CT molecular complexity index is 614. The zero-order chi connectivity index (χ0) is 15.1. The van der Waals surface area contributed by atoms with Crippen LogP contribution in [0.15, 0.2) is 29.3 Å². The number of carbonyl (C=O) groups is 1. The number of carbonyl (C=O) groups excluding carboxylic acids is 1. The highest BCUT2D eigenvalue weighted by Gasteiger charge is 2.46. The predicted octanol–water partition coefficient (Wildman–Crippen LogP) is 3.24. The molecule has 2 fully saturated rings. The molecule has 0 N–H and O–H groups in total. The van der Waals surface area contributed by atoms with Crippen molar-refractivity contribution in [2.75, 3.05) is 12.9 Å². The van der Waals surface area contributed by atoms with Crippen LogP contribution in [-0.2, 0) is 4.79 Å². The summed E-state index contributed by atoms with van der Waals surface area (Å²) in [5.41, 5.74) is 1.21. The molecule has 3 unspecified atom stereocenters. The molecule has 4 rings (SSSR count). The van der Waals surface area contributed by atoms with E-state index in [1.807, 2.05) is 17.0 Å². The molecule has 116 valence electrons. The van der Waals surface area contributed by atoms with Crippen molar-refractivity contribution in [1.82, 2.24) is 4.90 Å². The monoisotopic (exact) mass is 316 g/mol. The number of fused-ring (bicyclic) bond motifs is 2. The van der Waals surface area contributed by atoms with E-state index in [9.17, 15) is 4.79 Å². The third kappa shape index (κ3) is 2.22. The molecular formula is C17H20N2O2S. The Morgan fingerprint density at radius 2 is 2.00 bits per heavy atom. The van der Waals surface area contributed by atoms with Gasteiger partial charge in [-0.3, -0.25) is 14.7 Å². The van der Waals surface area contributed by atoms with Gasteiger partial charge in [0, 0.05) is 5.92 Å². The quantitative estimate of drug-likeness (QED) is 0.841. The second kappa shape index (κ2) is 5.61. The third-order valence-corrected chi connectivity index (χ3v) is 5.95. The molecule has 0 bridgehead atoms. The van der Waals surface area contributed by atoms with Gasteiger partial charge in [0.05, 0.1) is 24.9 Å². The van der Waals surface area contributed by atoms with Gasteiger partial charge < -0.3 is 4.74 Å². The Morgan fingerprint density at radius 3 is 2.77 bits per heavy atom. The lowest BCUT2D eigenvalue weighted by molar-refractivity contribution is -0.127. The van der Waals surface area contributed by atoms with E-state index in [1.165, 1.54) is 18.4 Å². The first kappa shape index (κ1) is 14.1. The fourth-order valence-corrected chi connectivity index (χ4v) is 4.90. The van der Waals surface area contributed by atoms with Crippen LogP contribution in [0, 0.1) is 5.92 Å². The fourth-order valence-electron chi connectivity index (χ4n) is 3.94. The lowest BCUT2D eigenvalue weighted by Crippen LogP contribution is -2.46. The number of methoxy groups -OCH3 is 1. The summed E-state index contributed by atoms with van der Waals surface area (Å²) in [6, 6.07) is 8.72. The zero-order valence-corrected chi connectivity index (χ0v) is 13.5. The SMILES string of the molecule is COc1ccc(C2C3CCCCC3N=C3SCC(=O)N32)cc1. The van der Waals surface area contributed by atoms with E-state index in [1.54, 1.807) is 18.9 Å². The zero-order valence-electron chi connectivity index (χ0n) is 12.7. The summed E-state index contributed by atoms with van der Waals surface area (Å²) < 4.78 is 5.26. The molecule has 1 aliphatic carbocycles. The van der Waals surface area contributed by atoms with E-state index in [4.69, 9.17) is 9.73 Å². The maximum atomic E-state index is 12.4. The minimum absolute atomic E-state index is 0.145. The van der Waals surface area contributed by atoms with Gasteiger partial charge >= 0.3 is 0 Å². The van der Waals surface area contributed by atoms with Crippen LogP contribution in [0.1, 0.15) is 37.3 Å². The number of nitrogens with zero attached hydrogens (tertiary/aromatic N) is 2. The number of hydrogen-bond acceptors (Lipinski definition) is 4. The normalized spacial score (nSPS) is 30.6. The standard InChI is InChI=1S/C17H20N2O2S/c1-21-12-8-6-11(7-9-12)16-13-4-2-3-5-14(13)18-17-19(16)15(20)10-22-17/h6-9,13-14,16H,2-5,10H2,1H3. The van der Waals surface area contributed by atoms with Crippen LogP contribution in [0.25, 0.3) is 0 Å². The van der Waals surface area contributed by atoms with E-state index in [0.717, 1.165) is 23.8 Å². The molecule has 4 nitrogen and oxygen atoms in total. The molecule has 1 aromatic rings. The Labute approximate surface area is 134 Å². The van der Waals surface area contributed by atoms with Gasteiger partial charge in [0.2, 0.25) is 5.91 Å². The molecule has 0 aromatic heterocycles. The van der Waals surface area contributed by atoms with Gasteiger partial charge in [-0.15, -0.1) is 0 Å². The van der Waals surface area contributed by atoms with Crippen molar-refractivity contribution in [3.63, 3.8) is 0 Å². The number of thioether (sulfide) groups is 1. The number of benzene rings is 1. The topological polar surface area (TPSA) is 41.9 Å². The molecule has 3 aliphatic rings.